The molecule has 0 aliphatic carbocycles. The molecular weight excluding hydrogens is 860 g/mol. The molecule has 0 bridgehead atoms. The van der Waals surface area contributed by atoms with Crippen molar-refractivity contribution >= 4 is 43.6 Å². The molecule has 0 saturated heterocycles. The van der Waals surface area contributed by atoms with E-state index in [1.54, 1.807) is 33.7 Å². The third-order valence-electron chi connectivity index (χ3n) is 12.8. The van der Waals surface area contributed by atoms with Gasteiger partial charge in [0.25, 0.3) is 0 Å². The Morgan fingerprint density at radius 3 is 1.29 bits per heavy atom. The summed E-state index contributed by atoms with van der Waals surface area (Å²) in [5.41, 5.74) is 7.84. The fraction of sp³-hybridized carbons (Fsp3) is 0.0169. The van der Waals surface area contributed by atoms with E-state index in [9.17, 15) is 0 Å². The lowest BCUT2D eigenvalue weighted by molar-refractivity contribution is -0.137. The zero-order valence-electron chi connectivity index (χ0n) is 35.9. The molecule has 4 aromatic heterocycles. The van der Waals surface area contributed by atoms with Gasteiger partial charge in [-0.15, -0.1) is 0 Å². The number of rotatable bonds is 7. The maximum Gasteiger partial charge on any atom is 0.418 e. The van der Waals surface area contributed by atoms with E-state index in [4.69, 9.17) is 9.97 Å². The molecule has 0 saturated carbocycles. The number of alkyl halides is 3. The maximum atomic E-state index is 16.3. The Morgan fingerprint density at radius 1 is 0.338 bits per heavy atom. The molecule has 0 N–H and O–H groups in total. The van der Waals surface area contributed by atoms with Crippen molar-refractivity contribution in [2.75, 3.05) is 0 Å². The minimum Gasteiger partial charge on any atom is -0.309 e. The summed E-state index contributed by atoms with van der Waals surface area (Å²) in [5.74, 6) is -1.73. The third kappa shape index (κ3) is 6.81. The molecule has 326 valence electrons. The predicted octanol–water partition coefficient (Wildman–Crippen LogP) is 16.3. The topological polar surface area (TPSA) is 35.6 Å². The number of hydrogen-bond acceptors (Lipinski definition) is 2. The van der Waals surface area contributed by atoms with Gasteiger partial charge in [0.15, 0.2) is 0 Å². The first-order chi connectivity index (χ1) is 33.2. The molecule has 0 spiro atoms. The summed E-state index contributed by atoms with van der Waals surface area (Å²) in [7, 11) is 0. The first kappa shape index (κ1) is 40.8. The standard InChI is InChI=1S/C59H35F5N4/c60-41-29-40(30-42(61)33-41)49-34-56(68-52-22-10-8-18-46(52)48-26-24-39(32-54(48)68)44-20-12-28-66-58(44)37-15-5-2-6-16-37)50(59(62,63)64)35-55(49)67-51-21-9-7-17-45(51)47-25-23-38(31-53(47)67)43-19-11-27-65-57(43)36-13-3-1-4-14-36/h1-35H. The number of halogens is 5. The minimum atomic E-state index is -4.90. The van der Waals surface area contributed by atoms with Crippen LogP contribution in [0.25, 0.3) is 111 Å². The Labute approximate surface area is 386 Å². The highest BCUT2D eigenvalue weighted by Gasteiger charge is 2.37. The monoisotopic (exact) mass is 894 g/mol. The van der Waals surface area contributed by atoms with Gasteiger partial charge in [0.1, 0.15) is 11.6 Å². The van der Waals surface area contributed by atoms with Crippen LogP contribution in [0.2, 0.25) is 0 Å². The van der Waals surface area contributed by atoms with Crippen LogP contribution in [-0.2, 0) is 6.18 Å². The van der Waals surface area contributed by atoms with Gasteiger partial charge in [-0.05, 0) is 77.4 Å². The second-order valence-corrected chi connectivity index (χ2v) is 16.7. The number of fused-ring (bicyclic) bond motifs is 6. The molecule has 0 aliphatic rings. The lowest BCUT2D eigenvalue weighted by Crippen LogP contribution is -2.13. The Bertz CT molecular complexity index is 3910. The lowest BCUT2D eigenvalue weighted by atomic mass is 9.97. The van der Waals surface area contributed by atoms with E-state index < -0.39 is 23.4 Å². The van der Waals surface area contributed by atoms with Crippen molar-refractivity contribution in [3.8, 4) is 67.3 Å². The largest absolute Gasteiger partial charge is 0.418 e. The average molecular weight is 895 g/mol. The maximum absolute atomic E-state index is 16.3. The Balaban J connectivity index is 1.17. The molecule has 0 fully saturated rings. The lowest BCUT2D eigenvalue weighted by Gasteiger charge is -2.22. The molecule has 9 heteroatoms. The quantitative estimate of drug-likeness (QED) is 0.149. The molecule has 0 radical (unpaired) electrons. The number of aromatic nitrogens is 4. The SMILES string of the molecule is Fc1cc(F)cc(-c2cc(-n3c4ccccc4c4ccc(-c5cccnc5-c5ccccc5)cc43)c(C(F)(F)F)cc2-n2c3ccccc3c3ccc(-c4cccnc4-c4ccccc4)cc32)c1. The van der Waals surface area contributed by atoms with Gasteiger partial charge in [0.2, 0.25) is 0 Å². The Hall–Kier alpha value is -8.69. The van der Waals surface area contributed by atoms with Crippen LogP contribution in [-0.4, -0.2) is 19.1 Å². The molecule has 12 aromatic rings. The first-order valence-corrected chi connectivity index (χ1v) is 22.0. The molecule has 68 heavy (non-hydrogen) atoms. The molecule has 0 atom stereocenters. The molecule has 0 unspecified atom stereocenters. The molecule has 4 heterocycles. The van der Waals surface area contributed by atoms with E-state index in [1.165, 1.54) is 6.07 Å². The van der Waals surface area contributed by atoms with Gasteiger partial charge in [-0.1, -0.05) is 133 Å². The normalized spacial score (nSPS) is 11.9. The van der Waals surface area contributed by atoms with Crippen molar-refractivity contribution in [1.82, 2.24) is 19.1 Å². The van der Waals surface area contributed by atoms with E-state index in [0.29, 0.717) is 22.1 Å². The summed E-state index contributed by atoms with van der Waals surface area (Å²) in [6, 6.07) is 59.2. The van der Waals surface area contributed by atoms with Crippen LogP contribution in [0, 0.1) is 11.6 Å². The van der Waals surface area contributed by atoms with Crippen LogP contribution < -0.4 is 0 Å². The van der Waals surface area contributed by atoms with Gasteiger partial charge >= 0.3 is 6.18 Å². The van der Waals surface area contributed by atoms with Crippen molar-refractivity contribution in [2.45, 2.75) is 6.18 Å². The Kier molecular flexibility index (Phi) is 9.62. The molecule has 8 aromatic carbocycles. The Morgan fingerprint density at radius 2 is 0.794 bits per heavy atom. The van der Waals surface area contributed by atoms with E-state index in [0.717, 1.165) is 90.6 Å². The zero-order valence-corrected chi connectivity index (χ0v) is 35.9. The van der Waals surface area contributed by atoms with Gasteiger partial charge in [-0.2, -0.15) is 13.2 Å². The molecule has 0 amide bonds. The molecule has 12 rings (SSSR count). The van der Waals surface area contributed by atoms with Crippen molar-refractivity contribution in [1.29, 1.82) is 0 Å². The van der Waals surface area contributed by atoms with Crippen LogP contribution in [0.4, 0.5) is 22.0 Å². The van der Waals surface area contributed by atoms with Crippen LogP contribution in [0.3, 0.4) is 0 Å². The predicted molar refractivity (Wildman–Crippen MR) is 263 cm³/mol. The molecule has 0 aliphatic heterocycles. The zero-order chi connectivity index (χ0) is 46.1. The second-order valence-electron chi connectivity index (χ2n) is 16.7. The van der Waals surface area contributed by atoms with Crippen LogP contribution >= 0.6 is 0 Å². The molecule has 4 nitrogen and oxygen atoms in total. The fourth-order valence-electron chi connectivity index (χ4n) is 9.84. The van der Waals surface area contributed by atoms with Crippen LogP contribution in [0.5, 0.6) is 0 Å². The number of benzene rings is 8. The van der Waals surface area contributed by atoms with Crippen molar-refractivity contribution in [3.63, 3.8) is 0 Å². The molecular formula is C59H35F5N4. The van der Waals surface area contributed by atoms with Gasteiger partial charge in [0, 0.05) is 67.8 Å². The number of pyridine rings is 2. The summed E-state index contributed by atoms with van der Waals surface area (Å²) < 4.78 is 83.2. The van der Waals surface area contributed by atoms with Crippen molar-refractivity contribution < 1.29 is 22.0 Å². The number of nitrogens with zero attached hydrogens (tertiary/aromatic N) is 4. The highest BCUT2D eigenvalue weighted by atomic mass is 19.4. The number of para-hydroxylation sites is 2. The first-order valence-electron chi connectivity index (χ1n) is 22.0. The summed E-state index contributed by atoms with van der Waals surface area (Å²) >= 11 is 0. The average Bonchev–Trinajstić information content (AvgIpc) is 3.88. The van der Waals surface area contributed by atoms with Gasteiger partial charge < -0.3 is 9.13 Å². The smallest absolute Gasteiger partial charge is 0.309 e. The van der Waals surface area contributed by atoms with Crippen molar-refractivity contribution in [3.05, 3.63) is 230 Å². The highest BCUT2D eigenvalue weighted by Crippen LogP contribution is 2.46. The van der Waals surface area contributed by atoms with E-state index in [2.05, 4.69) is 0 Å². The van der Waals surface area contributed by atoms with E-state index >= 15 is 22.0 Å². The van der Waals surface area contributed by atoms with E-state index in [1.807, 2.05) is 158 Å². The number of hydrogen-bond donors (Lipinski definition) is 0. The summed E-state index contributed by atoms with van der Waals surface area (Å²) in [4.78, 5) is 9.48. The summed E-state index contributed by atoms with van der Waals surface area (Å²) in [6.45, 7) is 0. The minimum absolute atomic E-state index is 0.0671. The highest BCUT2D eigenvalue weighted by molar-refractivity contribution is 6.12. The van der Waals surface area contributed by atoms with Crippen LogP contribution in [0.15, 0.2) is 213 Å². The summed E-state index contributed by atoms with van der Waals surface area (Å²) in [6.07, 6.45) is -1.46. The second kappa shape index (κ2) is 16.0. The fourth-order valence-corrected chi connectivity index (χ4v) is 9.84. The summed E-state index contributed by atoms with van der Waals surface area (Å²) in [5, 5.41) is 3.03. The van der Waals surface area contributed by atoms with Gasteiger partial charge in [0.05, 0.1) is 50.4 Å². The van der Waals surface area contributed by atoms with Gasteiger partial charge in [-0.25, -0.2) is 8.78 Å². The van der Waals surface area contributed by atoms with E-state index in [-0.39, 0.29) is 22.5 Å². The van der Waals surface area contributed by atoms with Crippen molar-refractivity contribution in [2.24, 2.45) is 0 Å². The van der Waals surface area contributed by atoms with Crippen LogP contribution in [0.1, 0.15) is 5.56 Å². The van der Waals surface area contributed by atoms with Gasteiger partial charge in [-0.3, -0.25) is 9.97 Å². The third-order valence-corrected chi connectivity index (χ3v) is 12.8.